The van der Waals surface area contributed by atoms with Crippen LogP contribution >= 0.6 is 11.6 Å². The molecule has 0 aliphatic rings. The van der Waals surface area contributed by atoms with Gasteiger partial charge in [0, 0.05) is 5.56 Å². The normalized spacial score (nSPS) is 15.4. The molecular formula is C7H7ClNNaO3S. The van der Waals surface area contributed by atoms with E-state index in [4.69, 9.17) is 17.3 Å². The molecule has 0 spiro atoms. The molecule has 1 atom stereocenters. The average Bonchev–Trinajstić information content (AvgIpc) is 2.04. The zero-order valence-electron chi connectivity index (χ0n) is 7.48. The van der Waals surface area contributed by atoms with Gasteiger partial charge in [0.05, 0.1) is 0 Å². The SMILES string of the molecule is NC(Cl)(c1ccccc1)S(=O)(=O)[O-].[Na+]. The van der Waals surface area contributed by atoms with Gasteiger partial charge >= 0.3 is 29.6 Å². The zero-order valence-corrected chi connectivity index (χ0v) is 11.0. The number of hydrogen-bond acceptors (Lipinski definition) is 4. The fourth-order valence-electron chi connectivity index (χ4n) is 0.810. The quantitative estimate of drug-likeness (QED) is 0.270. The third kappa shape index (κ3) is 2.93. The van der Waals surface area contributed by atoms with E-state index in [1.165, 1.54) is 12.1 Å². The maximum absolute atomic E-state index is 10.6. The summed E-state index contributed by atoms with van der Waals surface area (Å²) in [6.45, 7) is 0. The molecule has 0 heterocycles. The van der Waals surface area contributed by atoms with Crippen molar-refractivity contribution in [3.63, 3.8) is 0 Å². The van der Waals surface area contributed by atoms with Crippen LogP contribution < -0.4 is 35.3 Å². The molecule has 72 valence electrons. The second kappa shape index (κ2) is 4.94. The molecule has 1 aromatic rings. The molecule has 1 aromatic carbocycles. The molecule has 1 unspecified atom stereocenters. The van der Waals surface area contributed by atoms with Crippen LogP contribution in [0.5, 0.6) is 0 Å². The van der Waals surface area contributed by atoms with Gasteiger partial charge in [-0.2, -0.15) is 0 Å². The fourth-order valence-corrected chi connectivity index (χ4v) is 1.36. The van der Waals surface area contributed by atoms with Crippen molar-refractivity contribution in [3.8, 4) is 0 Å². The molecule has 1 rings (SSSR count). The maximum atomic E-state index is 10.6. The number of nitrogens with two attached hydrogens (primary N) is 1. The molecule has 4 nitrogen and oxygen atoms in total. The predicted octanol–water partition coefficient (Wildman–Crippen LogP) is -2.46. The second-order valence-electron chi connectivity index (χ2n) is 2.47. The monoisotopic (exact) mass is 243 g/mol. The number of benzene rings is 1. The molecule has 0 radical (unpaired) electrons. The summed E-state index contributed by atoms with van der Waals surface area (Å²) in [6.07, 6.45) is 0. The van der Waals surface area contributed by atoms with Crippen molar-refractivity contribution in [1.29, 1.82) is 0 Å². The van der Waals surface area contributed by atoms with Gasteiger partial charge in [-0.05, 0) is 0 Å². The van der Waals surface area contributed by atoms with Crippen LogP contribution in [0.3, 0.4) is 0 Å². The second-order valence-corrected chi connectivity index (χ2v) is 4.84. The van der Waals surface area contributed by atoms with Crippen molar-refractivity contribution < 1.29 is 42.5 Å². The van der Waals surface area contributed by atoms with Crippen molar-refractivity contribution >= 4 is 21.7 Å². The Morgan fingerprint density at radius 2 is 1.71 bits per heavy atom. The van der Waals surface area contributed by atoms with Crippen molar-refractivity contribution in [2.75, 3.05) is 0 Å². The fraction of sp³-hybridized carbons (Fsp3) is 0.143. The first-order valence-corrected chi connectivity index (χ1v) is 5.13. The maximum Gasteiger partial charge on any atom is 1.00 e. The van der Waals surface area contributed by atoms with Crippen LogP contribution in [0.15, 0.2) is 30.3 Å². The van der Waals surface area contributed by atoms with E-state index in [0.717, 1.165) is 0 Å². The standard InChI is InChI=1S/C7H8ClNO3S.Na/c8-7(9,13(10,11)12)6-4-2-1-3-5-6;/h1-5H,9H2,(H,10,11,12);/q;+1/p-1. The van der Waals surface area contributed by atoms with Gasteiger partial charge in [-0.1, -0.05) is 41.9 Å². The largest absolute Gasteiger partial charge is 1.00 e. The van der Waals surface area contributed by atoms with Gasteiger partial charge in [-0.25, -0.2) is 8.42 Å². The van der Waals surface area contributed by atoms with Crippen molar-refractivity contribution in [2.45, 2.75) is 4.33 Å². The summed E-state index contributed by atoms with van der Waals surface area (Å²) in [6, 6.07) is 7.51. The van der Waals surface area contributed by atoms with E-state index in [-0.39, 0.29) is 35.1 Å². The van der Waals surface area contributed by atoms with E-state index in [9.17, 15) is 13.0 Å². The summed E-state index contributed by atoms with van der Waals surface area (Å²) in [7, 11) is -4.76. The van der Waals surface area contributed by atoms with Crippen molar-refractivity contribution in [2.24, 2.45) is 5.73 Å². The van der Waals surface area contributed by atoms with Crippen LogP contribution in [0.4, 0.5) is 0 Å². The van der Waals surface area contributed by atoms with Crippen LogP contribution in [0, 0.1) is 0 Å². The Hall–Kier alpha value is 0.380. The molecule has 0 saturated heterocycles. The summed E-state index contributed by atoms with van der Waals surface area (Å²) >= 11 is 5.42. The summed E-state index contributed by atoms with van der Waals surface area (Å²) in [5, 5.41) is 0. The first-order valence-electron chi connectivity index (χ1n) is 3.34. The number of hydrogen-bond donors (Lipinski definition) is 1. The third-order valence-corrected chi connectivity index (χ3v) is 3.28. The van der Waals surface area contributed by atoms with E-state index in [1.807, 2.05) is 0 Å². The minimum Gasteiger partial charge on any atom is -0.745 e. The molecular weight excluding hydrogens is 237 g/mol. The molecule has 0 fully saturated rings. The molecule has 0 aliphatic heterocycles. The van der Waals surface area contributed by atoms with Crippen LogP contribution in [0.1, 0.15) is 5.56 Å². The van der Waals surface area contributed by atoms with E-state index in [2.05, 4.69) is 0 Å². The number of alkyl halides is 1. The molecule has 2 N–H and O–H groups in total. The number of rotatable bonds is 2. The Morgan fingerprint density at radius 1 is 1.29 bits per heavy atom. The number of halogens is 1. The van der Waals surface area contributed by atoms with Crippen molar-refractivity contribution in [3.05, 3.63) is 35.9 Å². The first-order chi connectivity index (χ1) is 5.86. The van der Waals surface area contributed by atoms with Crippen molar-refractivity contribution in [1.82, 2.24) is 0 Å². The van der Waals surface area contributed by atoms with Crippen LogP contribution in [0.25, 0.3) is 0 Å². The van der Waals surface area contributed by atoms with Crippen LogP contribution in [-0.2, 0) is 14.4 Å². The Kier molecular flexibility index (Phi) is 5.07. The van der Waals surface area contributed by atoms with Gasteiger partial charge in [0.15, 0.2) is 0 Å². The molecule has 0 amide bonds. The van der Waals surface area contributed by atoms with E-state index >= 15 is 0 Å². The Morgan fingerprint density at radius 3 is 2.07 bits per heavy atom. The van der Waals surface area contributed by atoms with Gasteiger partial charge < -0.3 is 4.55 Å². The first kappa shape index (κ1) is 14.4. The van der Waals surface area contributed by atoms with Crippen LogP contribution in [-0.4, -0.2) is 13.0 Å². The van der Waals surface area contributed by atoms with E-state index in [1.54, 1.807) is 18.2 Å². The molecule has 0 aliphatic carbocycles. The third-order valence-electron chi connectivity index (χ3n) is 1.53. The van der Waals surface area contributed by atoms with Crippen LogP contribution in [0.2, 0.25) is 0 Å². The Labute approximate surface area is 109 Å². The minimum atomic E-state index is -4.76. The van der Waals surface area contributed by atoms with Gasteiger partial charge in [0.25, 0.3) is 0 Å². The minimum absolute atomic E-state index is 0. The molecule has 14 heavy (non-hydrogen) atoms. The van der Waals surface area contributed by atoms with Gasteiger partial charge in [0.1, 0.15) is 10.1 Å². The smallest absolute Gasteiger partial charge is 0.745 e. The Balaban J connectivity index is 0.00000169. The summed E-state index contributed by atoms with van der Waals surface area (Å²) in [4.78, 5) is 0. The molecule has 0 aromatic heterocycles. The summed E-state index contributed by atoms with van der Waals surface area (Å²) < 4.78 is 29.5. The van der Waals surface area contributed by atoms with E-state index in [0.29, 0.717) is 0 Å². The zero-order chi connectivity index (χ0) is 10.1. The Bertz CT molecular complexity index is 393. The van der Waals surface area contributed by atoms with Gasteiger partial charge in [-0.3, -0.25) is 5.73 Å². The van der Waals surface area contributed by atoms with E-state index < -0.39 is 14.4 Å². The predicted molar refractivity (Wildman–Crippen MR) is 47.9 cm³/mol. The molecule has 0 bridgehead atoms. The topological polar surface area (TPSA) is 83.2 Å². The van der Waals surface area contributed by atoms with Gasteiger partial charge in [-0.15, -0.1) is 0 Å². The molecule has 0 saturated carbocycles. The summed E-state index contributed by atoms with van der Waals surface area (Å²) in [5.74, 6) is 0. The summed E-state index contributed by atoms with van der Waals surface area (Å²) in [5.41, 5.74) is 5.24. The average molecular weight is 244 g/mol. The van der Waals surface area contributed by atoms with Gasteiger partial charge in [0.2, 0.25) is 4.33 Å². The molecule has 7 heteroatoms.